The van der Waals surface area contributed by atoms with Gasteiger partial charge in [-0.1, -0.05) is 159 Å². The van der Waals surface area contributed by atoms with E-state index in [1.165, 1.54) is 102 Å². The van der Waals surface area contributed by atoms with Crippen LogP contribution in [-0.4, -0.2) is 0 Å². The number of benzene rings is 9. The van der Waals surface area contributed by atoms with Crippen LogP contribution in [0.3, 0.4) is 0 Å². The number of anilines is 3. The van der Waals surface area contributed by atoms with Crippen LogP contribution in [0.15, 0.2) is 198 Å². The molecule has 1 aliphatic heterocycles. The van der Waals surface area contributed by atoms with Gasteiger partial charge in [0, 0.05) is 52.4 Å². The third-order valence-electron chi connectivity index (χ3n) is 13.5. The molecule has 59 heavy (non-hydrogen) atoms. The summed E-state index contributed by atoms with van der Waals surface area (Å²) in [6.45, 7) is 4.76. The van der Waals surface area contributed by atoms with E-state index in [2.05, 4.69) is 207 Å². The van der Waals surface area contributed by atoms with E-state index in [1.54, 1.807) is 0 Å². The van der Waals surface area contributed by atoms with E-state index in [1.807, 2.05) is 23.1 Å². The fourth-order valence-electron chi connectivity index (χ4n) is 10.9. The smallest absolute Gasteiger partial charge is 0.0736 e. The first kappa shape index (κ1) is 33.6. The Morgan fingerprint density at radius 3 is 1.76 bits per heavy atom. The Labute approximate surface area is 352 Å². The summed E-state index contributed by atoms with van der Waals surface area (Å²) in [6.07, 6.45) is 0. The standard InChI is InChI=1S/C56H37NS2/c1-55(2)44-17-7-5-15-39(44)40-27-24-35(31-48(40)55)57(37-25-28-42-41-16-6-10-20-50(41)58-53(42)33-37)36-26-29-43-49(32-36)56(47-30-23-34-13-3-4-14-38(34)54(43)47)45-18-8-11-21-51(45)59-52-22-12-9-19-46(52)56/h3-33H,1-2H3. The van der Waals surface area contributed by atoms with Crippen LogP contribution in [-0.2, 0) is 10.8 Å². The van der Waals surface area contributed by atoms with Crippen LogP contribution in [0.2, 0.25) is 0 Å². The van der Waals surface area contributed by atoms with Gasteiger partial charge in [-0.05, 0) is 121 Å². The average molecular weight is 788 g/mol. The van der Waals surface area contributed by atoms with Crippen molar-refractivity contribution in [3.05, 3.63) is 221 Å². The maximum Gasteiger partial charge on any atom is 0.0736 e. The molecule has 0 bridgehead atoms. The Bertz CT molecular complexity index is 3380. The van der Waals surface area contributed by atoms with Gasteiger partial charge >= 0.3 is 0 Å². The molecule has 0 radical (unpaired) electrons. The number of hydrogen-bond donors (Lipinski definition) is 0. The summed E-state index contributed by atoms with van der Waals surface area (Å²) in [5.41, 5.74) is 16.3. The summed E-state index contributed by atoms with van der Waals surface area (Å²) in [5, 5.41) is 5.20. The van der Waals surface area contributed by atoms with Gasteiger partial charge in [0.1, 0.15) is 0 Å². The van der Waals surface area contributed by atoms with E-state index in [0.717, 1.165) is 11.4 Å². The lowest BCUT2D eigenvalue weighted by molar-refractivity contribution is 0.660. The highest BCUT2D eigenvalue weighted by molar-refractivity contribution is 7.99. The molecule has 3 heteroatoms. The molecular weight excluding hydrogens is 751 g/mol. The molecule has 2 heterocycles. The molecule has 1 nitrogen and oxygen atoms in total. The number of fused-ring (bicyclic) bond motifs is 17. The first-order valence-electron chi connectivity index (χ1n) is 20.5. The first-order valence-corrected chi connectivity index (χ1v) is 22.1. The highest BCUT2D eigenvalue weighted by Gasteiger charge is 2.51. The van der Waals surface area contributed by atoms with Gasteiger partial charge in [-0.3, -0.25) is 0 Å². The zero-order valence-electron chi connectivity index (χ0n) is 32.7. The lowest BCUT2D eigenvalue weighted by atomic mass is 9.67. The van der Waals surface area contributed by atoms with Crippen molar-refractivity contribution in [2.45, 2.75) is 34.5 Å². The van der Waals surface area contributed by atoms with Gasteiger partial charge in [0.15, 0.2) is 0 Å². The van der Waals surface area contributed by atoms with Gasteiger partial charge in [-0.25, -0.2) is 0 Å². The minimum atomic E-state index is -0.494. The summed E-state index contributed by atoms with van der Waals surface area (Å²) in [5.74, 6) is 0. The van der Waals surface area contributed by atoms with Crippen LogP contribution in [0.5, 0.6) is 0 Å². The molecule has 13 rings (SSSR count). The Hall–Kier alpha value is -6.39. The van der Waals surface area contributed by atoms with Crippen molar-refractivity contribution in [3.8, 4) is 22.3 Å². The van der Waals surface area contributed by atoms with Crippen molar-refractivity contribution >= 4 is 71.1 Å². The van der Waals surface area contributed by atoms with Gasteiger partial charge in [0.05, 0.1) is 5.41 Å². The minimum Gasteiger partial charge on any atom is -0.310 e. The highest BCUT2D eigenvalue weighted by atomic mass is 32.2. The third kappa shape index (κ3) is 4.47. The Morgan fingerprint density at radius 1 is 0.390 bits per heavy atom. The average Bonchev–Trinajstić information content (AvgIpc) is 3.87. The third-order valence-corrected chi connectivity index (χ3v) is 15.8. The van der Waals surface area contributed by atoms with E-state index in [9.17, 15) is 0 Å². The number of nitrogens with zero attached hydrogens (tertiary/aromatic N) is 1. The van der Waals surface area contributed by atoms with Gasteiger partial charge < -0.3 is 4.90 Å². The molecule has 1 spiro atoms. The minimum absolute atomic E-state index is 0.124. The van der Waals surface area contributed by atoms with Crippen molar-refractivity contribution in [2.75, 3.05) is 4.90 Å². The maximum atomic E-state index is 2.54. The van der Waals surface area contributed by atoms with Crippen molar-refractivity contribution < 1.29 is 0 Å². The molecule has 278 valence electrons. The quantitative estimate of drug-likeness (QED) is 0.175. The molecular formula is C56H37NS2. The van der Waals surface area contributed by atoms with Gasteiger partial charge in [-0.2, -0.15) is 0 Å². The SMILES string of the molecule is CC1(C)c2ccccc2-c2ccc(N(c3ccc4c(c3)C3(c5ccccc5Sc5ccccc53)c3ccc5ccccc5c3-4)c3ccc4c(c3)sc3ccccc34)cc21. The molecule has 0 N–H and O–H groups in total. The summed E-state index contributed by atoms with van der Waals surface area (Å²) in [7, 11) is 0. The summed E-state index contributed by atoms with van der Waals surface area (Å²) in [6, 6.07) is 71.3. The molecule has 0 saturated heterocycles. The fraction of sp³-hybridized carbons (Fsp3) is 0.0714. The second-order valence-electron chi connectivity index (χ2n) is 16.8. The van der Waals surface area contributed by atoms with E-state index < -0.39 is 5.41 Å². The van der Waals surface area contributed by atoms with Crippen molar-refractivity contribution in [1.82, 2.24) is 0 Å². The van der Waals surface area contributed by atoms with Crippen LogP contribution < -0.4 is 4.90 Å². The van der Waals surface area contributed by atoms with Crippen LogP contribution >= 0.6 is 23.1 Å². The molecule has 0 atom stereocenters. The Balaban J connectivity index is 1.11. The van der Waals surface area contributed by atoms with E-state index >= 15 is 0 Å². The van der Waals surface area contributed by atoms with Crippen molar-refractivity contribution in [1.29, 1.82) is 0 Å². The van der Waals surface area contributed by atoms with E-state index in [-0.39, 0.29) is 5.41 Å². The molecule has 3 aliphatic rings. The van der Waals surface area contributed by atoms with Crippen molar-refractivity contribution in [3.63, 3.8) is 0 Å². The predicted molar refractivity (Wildman–Crippen MR) is 251 cm³/mol. The molecule has 0 fully saturated rings. The predicted octanol–water partition coefficient (Wildman–Crippen LogP) is 15.8. The van der Waals surface area contributed by atoms with Crippen LogP contribution in [0.1, 0.15) is 47.2 Å². The summed E-state index contributed by atoms with van der Waals surface area (Å²) in [4.78, 5) is 5.15. The lowest BCUT2D eigenvalue weighted by Crippen LogP contribution is -2.32. The molecule has 9 aromatic carbocycles. The summed E-state index contributed by atoms with van der Waals surface area (Å²) < 4.78 is 2.62. The maximum absolute atomic E-state index is 2.54. The molecule has 0 unspecified atom stereocenters. The second kappa shape index (κ2) is 12.1. The highest BCUT2D eigenvalue weighted by Crippen LogP contribution is 2.64. The van der Waals surface area contributed by atoms with Crippen molar-refractivity contribution in [2.24, 2.45) is 0 Å². The molecule has 0 saturated carbocycles. The van der Waals surface area contributed by atoms with Gasteiger partial charge in [-0.15, -0.1) is 11.3 Å². The number of rotatable bonds is 3. The largest absolute Gasteiger partial charge is 0.310 e. The normalized spacial score (nSPS) is 14.8. The fourth-order valence-corrected chi connectivity index (χ4v) is 13.3. The van der Waals surface area contributed by atoms with E-state index in [0.29, 0.717) is 0 Å². The molecule has 10 aromatic rings. The number of hydrogen-bond acceptors (Lipinski definition) is 3. The summed E-state index contributed by atoms with van der Waals surface area (Å²) >= 11 is 3.78. The lowest BCUT2D eigenvalue weighted by Gasteiger charge is -2.40. The zero-order valence-corrected chi connectivity index (χ0v) is 34.3. The van der Waals surface area contributed by atoms with Gasteiger partial charge in [0.2, 0.25) is 0 Å². The van der Waals surface area contributed by atoms with Crippen LogP contribution in [0.25, 0.3) is 53.2 Å². The van der Waals surface area contributed by atoms with Gasteiger partial charge in [0.25, 0.3) is 0 Å². The zero-order chi connectivity index (χ0) is 39.0. The van der Waals surface area contributed by atoms with Crippen LogP contribution in [0, 0.1) is 0 Å². The first-order chi connectivity index (χ1) is 29.0. The molecule has 0 amide bonds. The topological polar surface area (TPSA) is 3.24 Å². The number of thiophene rings is 1. The molecule has 1 aromatic heterocycles. The van der Waals surface area contributed by atoms with E-state index in [4.69, 9.17) is 0 Å². The Morgan fingerprint density at radius 2 is 0.966 bits per heavy atom. The second-order valence-corrected chi connectivity index (χ2v) is 19.0. The monoisotopic (exact) mass is 787 g/mol. The van der Waals surface area contributed by atoms with Crippen LogP contribution in [0.4, 0.5) is 17.1 Å². The Kier molecular flexibility index (Phi) is 6.87. The molecule has 2 aliphatic carbocycles.